The van der Waals surface area contributed by atoms with E-state index in [9.17, 15) is 9.59 Å². The number of esters is 1. The van der Waals surface area contributed by atoms with E-state index in [2.05, 4.69) is 13.2 Å². The summed E-state index contributed by atoms with van der Waals surface area (Å²) in [6.07, 6.45) is 4.09. The molecule has 0 spiro atoms. The third-order valence-electron chi connectivity index (χ3n) is 3.96. The summed E-state index contributed by atoms with van der Waals surface area (Å²) >= 11 is 0. The Bertz CT molecular complexity index is 641. The Morgan fingerprint density at radius 2 is 1.88 bits per heavy atom. The molecule has 0 N–H and O–H groups in total. The Hall–Kier alpha value is -2.76. The number of hydrogen-bond acceptors (Lipinski definition) is 5. The zero-order valence-corrected chi connectivity index (χ0v) is 15.7. The Kier molecular flexibility index (Phi) is 8.98. The van der Waals surface area contributed by atoms with E-state index < -0.39 is 11.9 Å². The van der Waals surface area contributed by atoms with E-state index in [0.29, 0.717) is 31.0 Å². The van der Waals surface area contributed by atoms with Crippen LogP contribution < -0.4 is 9.47 Å². The van der Waals surface area contributed by atoms with Crippen molar-refractivity contribution < 1.29 is 23.8 Å². The maximum absolute atomic E-state index is 12.9. The number of carbonyl (C=O) groups is 2. The molecular formula is C20H27NO5. The first kappa shape index (κ1) is 21.3. The number of ether oxygens (including phenoxy) is 3. The van der Waals surface area contributed by atoms with Crippen molar-refractivity contribution in [3.8, 4) is 11.5 Å². The summed E-state index contributed by atoms with van der Waals surface area (Å²) in [6.45, 7) is 8.05. The molecule has 6 nitrogen and oxygen atoms in total. The van der Waals surface area contributed by atoms with Gasteiger partial charge < -0.3 is 19.1 Å². The van der Waals surface area contributed by atoms with Crippen LogP contribution in [0.4, 0.5) is 0 Å². The molecule has 142 valence electrons. The molecule has 0 aliphatic carbocycles. The highest BCUT2D eigenvalue weighted by molar-refractivity contribution is 5.98. The molecule has 1 amide bonds. The Morgan fingerprint density at radius 3 is 2.42 bits per heavy atom. The van der Waals surface area contributed by atoms with E-state index in [1.807, 2.05) is 6.07 Å². The molecule has 0 aromatic heterocycles. The van der Waals surface area contributed by atoms with Crippen molar-refractivity contribution in [3.63, 3.8) is 0 Å². The average molecular weight is 361 g/mol. The molecule has 0 radical (unpaired) electrons. The molecule has 0 bridgehead atoms. The number of rotatable bonds is 11. The average Bonchev–Trinajstić information content (AvgIpc) is 2.68. The first-order valence-corrected chi connectivity index (χ1v) is 8.31. The molecular weight excluding hydrogens is 334 g/mol. The topological polar surface area (TPSA) is 65.1 Å². The number of benzene rings is 1. The fourth-order valence-corrected chi connectivity index (χ4v) is 2.53. The van der Waals surface area contributed by atoms with E-state index in [-0.39, 0.29) is 12.3 Å². The van der Waals surface area contributed by atoms with Gasteiger partial charge in [-0.1, -0.05) is 12.2 Å². The fraction of sp³-hybridized carbons (Fsp3) is 0.400. The SMILES string of the molecule is C=CCCN(Cc1ccc(OC)cc1OC)C(=O)C(CC=C)C(=O)OC. The lowest BCUT2D eigenvalue weighted by Gasteiger charge is -2.26. The van der Waals surface area contributed by atoms with Gasteiger partial charge in [0.15, 0.2) is 0 Å². The van der Waals surface area contributed by atoms with E-state index >= 15 is 0 Å². The molecule has 26 heavy (non-hydrogen) atoms. The molecule has 0 saturated carbocycles. The van der Waals surface area contributed by atoms with Crippen LogP contribution in [-0.4, -0.2) is 44.7 Å². The number of allylic oxidation sites excluding steroid dienone is 1. The summed E-state index contributed by atoms with van der Waals surface area (Å²) in [6, 6.07) is 5.40. The van der Waals surface area contributed by atoms with Crippen LogP contribution in [0.15, 0.2) is 43.5 Å². The highest BCUT2D eigenvalue weighted by atomic mass is 16.5. The van der Waals surface area contributed by atoms with Gasteiger partial charge in [0.05, 0.1) is 21.3 Å². The lowest BCUT2D eigenvalue weighted by Crippen LogP contribution is -2.40. The summed E-state index contributed by atoms with van der Waals surface area (Å²) in [5.74, 6) is -0.518. The molecule has 1 unspecified atom stereocenters. The predicted octanol–water partition coefficient (Wildman–Crippen LogP) is 2.97. The lowest BCUT2D eigenvalue weighted by molar-refractivity contribution is -0.153. The molecule has 1 rings (SSSR count). The zero-order chi connectivity index (χ0) is 19.5. The maximum Gasteiger partial charge on any atom is 0.318 e. The molecule has 0 aliphatic rings. The van der Waals surface area contributed by atoms with Gasteiger partial charge in [-0.05, 0) is 25.0 Å². The van der Waals surface area contributed by atoms with Gasteiger partial charge in [-0.3, -0.25) is 9.59 Å². The largest absolute Gasteiger partial charge is 0.497 e. The van der Waals surface area contributed by atoms with Gasteiger partial charge in [-0.2, -0.15) is 0 Å². The normalized spacial score (nSPS) is 11.2. The van der Waals surface area contributed by atoms with Crippen molar-refractivity contribution in [1.29, 1.82) is 0 Å². The number of hydrogen-bond donors (Lipinski definition) is 0. The number of amides is 1. The monoisotopic (exact) mass is 361 g/mol. The third kappa shape index (κ3) is 5.65. The van der Waals surface area contributed by atoms with Gasteiger partial charge in [0.25, 0.3) is 0 Å². The first-order chi connectivity index (χ1) is 12.5. The summed E-state index contributed by atoms with van der Waals surface area (Å²) in [5.41, 5.74) is 0.813. The van der Waals surface area contributed by atoms with E-state index in [1.165, 1.54) is 7.11 Å². The van der Waals surface area contributed by atoms with Gasteiger partial charge in [-0.15, -0.1) is 13.2 Å². The molecule has 0 fully saturated rings. The smallest absolute Gasteiger partial charge is 0.318 e. The lowest BCUT2D eigenvalue weighted by atomic mass is 10.0. The highest BCUT2D eigenvalue weighted by Crippen LogP contribution is 2.26. The quantitative estimate of drug-likeness (QED) is 0.344. The molecule has 1 atom stereocenters. The van der Waals surface area contributed by atoms with E-state index in [4.69, 9.17) is 14.2 Å². The number of nitrogens with zero attached hydrogens (tertiary/aromatic N) is 1. The van der Waals surface area contributed by atoms with Crippen LogP contribution >= 0.6 is 0 Å². The Balaban J connectivity index is 3.12. The Morgan fingerprint density at radius 1 is 1.15 bits per heavy atom. The van der Waals surface area contributed by atoms with Crippen LogP contribution in [0.25, 0.3) is 0 Å². The fourth-order valence-electron chi connectivity index (χ4n) is 2.53. The standard InChI is InChI=1S/C20H27NO5/c1-6-8-12-21(19(22)17(9-7-2)20(23)26-5)14-15-10-11-16(24-3)13-18(15)25-4/h6-7,10-11,13,17H,1-2,8-9,12,14H2,3-5H3. The molecule has 6 heteroatoms. The minimum atomic E-state index is -0.911. The maximum atomic E-state index is 12.9. The second kappa shape index (κ2) is 11.0. The second-order valence-corrected chi connectivity index (χ2v) is 5.62. The first-order valence-electron chi connectivity index (χ1n) is 8.31. The molecule has 1 aromatic carbocycles. The van der Waals surface area contributed by atoms with Gasteiger partial charge in [0.1, 0.15) is 17.4 Å². The molecule has 0 aliphatic heterocycles. The van der Waals surface area contributed by atoms with Crippen LogP contribution in [0.2, 0.25) is 0 Å². The van der Waals surface area contributed by atoms with Crippen LogP contribution in [0, 0.1) is 5.92 Å². The summed E-state index contributed by atoms with van der Waals surface area (Å²) in [5, 5.41) is 0. The van der Waals surface area contributed by atoms with Gasteiger partial charge in [0, 0.05) is 24.7 Å². The van der Waals surface area contributed by atoms with Crippen LogP contribution in [0.5, 0.6) is 11.5 Å². The van der Waals surface area contributed by atoms with E-state index in [1.54, 1.807) is 43.4 Å². The van der Waals surface area contributed by atoms with Crippen molar-refractivity contribution in [1.82, 2.24) is 4.90 Å². The van der Waals surface area contributed by atoms with Crippen LogP contribution in [-0.2, 0) is 20.9 Å². The third-order valence-corrected chi connectivity index (χ3v) is 3.96. The van der Waals surface area contributed by atoms with E-state index in [0.717, 1.165) is 5.56 Å². The molecule has 0 heterocycles. The summed E-state index contributed by atoms with van der Waals surface area (Å²) in [7, 11) is 4.40. The molecule has 0 saturated heterocycles. The number of methoxy groups -OCH3 is 3. The van der Waals surface area contributed by atoms with Gasteiger partial charge in [0.2, 0.25) is 5.91 Å². The summed E-state index contributed by atoms with van der Waals surface area (Å²) < 4.78 is 15.4. The number of carbonyl (C=O) groups excluding carboxylic acids is 2. The summed E-state index contributed by atoms with van der Waals surface area (Å²) in [4.78, 5) is 26.6. The van der Waals surface area contributed by atoms with Crippen molar-refractivity contribution in [2.24, 2.45) is 5.92 Å². The van der Waals surface area contributed by atoms with Crippen LogP contribution in [0.1, 0.15) is 18.4 Å². The van der Waals surface area contributed by atoms with Gasteiger partial charge >= 0.3 is 5.97 Å². The predicted molar refractivity (Wildman–Crippen MR) is 100 cm³/mol. The van der Waals surface area contributed by atoms with Crippen molar-refractivity contribution in [3.05, 3.63) is 49.1 Å². The minimum absolute atomic E-state index is 0.218. The van der Waals surface area contributed by atoms with Crippen molar-refractivity contribution >= 4 is 11.9 Å². The van der Waals surface area contributed by atoms with Crippen molar-refractivity contribution in [2.45, 2.75) is 19.4 Å². The van der Waals surface area contributed by atoms with Crippen molar-refractivity contribution in [2.75, 3.05) is 27.9 Å². The second-order valence-electron chi connectivity index (χ2n) is 5.62. The van der Waals surface area contributed by atoms with Crippen LogP contribution in [0.3, 0.4) is 0 Å². The zero-order valence-electron chi connectivity index (χ0n) is 15.7. The Labute approximate surface area is 155 Å². The minimum Gasteiger partial charge on any atom is -0.497 e. The van der Waals surface area contributed by atoms with Gasteiger partial charge in [-0.25, -0.2) is 0 Å². The highest BCUT2D eigenvalue weighted by Gasteiger charge is 2.30. The molecule has 1 aromatic rings.